The maximum Gasteiger partial charge on any atom is 0.352 e. The molecule has 110 valence electrons. The average molecular weight is 292 g/mol. The van der Waals surface area contributed by atoms with Crippen molar-refractivity contribution in [3.05, 3.63) is 22.5 Å². The van der Waals surface area contributed by atoms with Crippen molar-refractivity contribution in [3.8, 4) is 0 Å². The molecule has 0 spiro atoms. The number of imidazole rings is 1. The normalized spacial score (nSPS) is 30.4. The number of rotatable bonds is 2. The van der Waals surface area contributed by atoms with Gasteiger partial charge in [0, 0.05) is 7.05 Å². The van der Waals surface area contributed by atoms with E-state index >= 15 is 0 Å². The van der Waals surface area contributed by atoms with Crippen LogP contribution >= 0.6 is 0 Å². The van der Waals surface area contributed by atoms with Crippen LogP contribution in [0.5, 0.6) is 0 Å². The molecule has 4 rings (SSSR count). The van der Waals surface area contributed by atoms with Gasteiger partial charge in [-0.2, -0.15) is 4.68 Å². The van der Waals surface area contributed by atoms with Gasteiger partial charge >= 0.3 is 5.69 Å². The van der Waals surface area contributed by atoms with Gasteiger partial charge in [0.2, 0.25) is 0 Å². The summed E-state index contributed by atoms with van der Waals surface area (Å²) < 4.78 is 16.1. The number of nitrogens with one attached hydrogen (secondary N) is 1. The van der Waals surface area contributed by atoms with Crippen LogP contribution < -0.4 is 11.0 Å². The standard InChI is InChI=1S/C12H13FN6O2/c1-18-11(21)19-5-14-8(9(19)16-17-18)10(20)15-12-4-6(12)2-3-7(12)13/h5-7H,2-4H2,1H3,(H,15,20). The Morgan fingerprint density at radius 2 is 2.33 bits per heavy atom. The summed E-state index contributed by atoms with van der Waals surface area (Å²) in [6.07, 6.45) is 2.16. The molecule has 1 N–H and O–H groups in total. The molecule has 2 aliphatic rings. The molecule has 8 nitrogen and oxygen atoms in total. The Morgan fingerprint density at radius 3 is 3.00 bits per heavy atom. The van der Waals surface area contributed by atoms with E-state index in [1.54, 1.807) is 0 Å². The third kappa shape index (κ3) is 1.57. The van der Waals surface area contributed by atoms with Crippen molar-refractivity contribution in [1.82, 2.24) is 29.7 Å². The summed E-state index contributed by atoms with van der Waals surface area (Å²) >= 11 is 0. The fraction of sp³-hybridized carbons (Fsp3) is 0.583. The van der Waals surface area contributed by atoms with Gasteiger partial charge in [-0.25, -0.2) is 18.6 Å². The summed E-state index contributed by atoms with van der Waals surface area (Å²) in [5.41, 5.74) is -1.10. The largest absolute Gasteiger partial charge is 0.352 e. The molecule has 2 heterocycles. The topological polar surface area (TPSA) is 94.2 Å². The predicted molar refractivity (Wildman–Crippen MR) is 68.5 cm³/mol. The van der Waals surface area contributed by atoms with E-state index in [9.17, 15) is 14.0 Å². The Morgan fingerprint density at radius 1 is 1.52 bits per heavy atom. The molecule has 2 aromatic heterocycles. The summed E-state index contributed by atoms with van der Waals surface area (Å²) in [5, 5.41) is 10.2. The SMILES string of the molecule is Cn1nnc2c(C(=O)NC34CC3CCC4F)ncn2c1=O. The minimum absolute atomic E-state index is 0.000625. The first-order chi connectivity index (χ1) is 10.0. The molecule has 21 heavy (non-hydrogen) atoms. The predicted octanol–water partition coefficient (Wildman–Crippen LogP) is -0.557. The molecule has 1 amide bonds. The average Bonchev–Trinajstić information content (AvgIpc) is 2.85. The minimum Gasteiger partial charge on any atom is -0.342 e. The van der Waals surface area contributed by atoms with Crippen LogP contribution in [0.4, 0.5) is 4.39 Å². The molecular formula is C12H13FN6O2. The van der Waals surface area contributed by atoms with Crippen molar-refractivity contribution < 1.29 is 9.18 Å². The highest BCUT2D eigenvalue weighted by Gasteiger charge is 2.64. The summed E-state index contributed by atoms with van der Waals surface area (Å²) in [7, 11) is 1.45. The molecule has 0 saturated heterocycles. The molecule has 2 aromatic rings. The Kier molecular flexibility index (Phi) is 2.29. The van der Waals surface area contributed by atoms with Crippen molar-refractivity contribution in [2.45, 2.75) is 31.0 Å². The fourth-order valence-electron chi connectivity index (χ4n) is 3.24. The van der Waals surface area contributed by atoms with Crippen LogP contribution in [-0.2, 0) is 7.05 Å². The number of amides is 1. The highest BCUT2D eigenvalue weighted by Crippen LogP contribution is 2.57. The van der Waals surface area contributed by atoms with Gasteiger partial charge in [0.05, 0.1) is 5.54 Å². The van der Waals surface area contributed by atoms with E-state index in [0.29, 0.717) is 12.8 Å². The number of aryl methyl sites for hydroxylation is 1. The zero-order valence-electron chi connectivity index (χ0n) is 11.3. The van der Waals surface area contributed by atoms with Gasteiger partial charge < -0.3 is 5.32 Å². The van der Waals surface area contributed by atoms with Crippen molar-refractivity contribution >= 4 is 11.6 Å². The molecule has 0 radical (unpaired) electrons. The van der Waals surface area contributed by atoms with Gasteiger partial charge in [-0.1, -0.05) is 5.21 Å². The van der Waals surface area contributed by atoms with Gasteiger partial charge in [-0.3, -0.25) is 4.79 Å². The third-order valence-electron chi connectivity index (χ3n) is 4.54. The number of hydrogen-bond donors (Lipinski definition) is 1. The quantitative estimate of drug-likeness (QED) is 0.801. The number of fused-ring (bicyclic) bond motifs is 2. The number of aromatic nitrogens is 5. The molecule has 9 heteroatoms. The molecule has 2 saturated carbocycles. The Bertz CT molecular complexity index is 814. The first-order valence-corrected chi connectivity index (χ1v) is 6.76. The number of nitrogens with zero attached hydrogens (tertiary/aromatic N) is 5. The molecule has 3 unspecified atom stereocenters. The Hall–Kier alpha value is -2.32. The van der Waals surface area contributed by atoms with Crippen molar-refractivity contribution in [3.63, 3.8) is 0 Å². The van der Waals surface area contributed by atoms with E-state index in [0.717, 1.165) is 15.5 Å². The van der Waals surface area contributed by atoms with Gasteiger partial charge in [0.1, 0.15) is 12.5 Å². The minimum atomic E-state index is -1.01. The lowest BCUT2D eigenvalue weighted by Crippen LogP contribution is -2.43. The number of hydrogen-bond acceptors (Lipinski definition) is 5. The zero-order chi connectivity index (χ0) is 14.8. The number of carbonyl (C=O) groups excluding carboxylic acids is 1. The molecule has 0 aliphatic heterocycles. The van der Waals surface area contributed by atoms with Gasteiger partial charge in [-0.05, 0) is 25.2 Å². The van der Waals surface area contributed by atoms with Gasteiger partial charge in [0.15, 0.2) is 11.3 Å². The monoisotopic (exact) mass is 292 g/mol. The third-order valence-corrected chi connectivity index (χ3v) is 4.54. The smallest absolute Gasteiger partial charge is 0.342 e. The summed E-state index contributed by atoms with van der Waals surface area (Å²) in [6, 6.07) is 0. The van der Waals surface area contributed by atoms with Crippen LogP contribution in [0.3, 0.4) is 0 Å². The fourth-order valence-corrected chi connectivity index (χ4v) is 3.24. The van der Waals surface area contributed by atoms with Crippen molar-refractivity contribution in [2.24, 2.45) is 13.0 Å². The molecule has 2 aliphatic carbocycles. The molecular weight excluding hydrogens is 279 g/mol. The van der Waals surface area contributed by atoms with Crippen LogP contribution in [0, 0.1) is 5.92 Å². The molecule has 0 aromatic carbocycles. The van der Waals surface area contributed by atoms with E-state index in [1.165, 1.54) is 13.4 Å². The number of alkyl halides is 1. The van der Waals surface area contributed by atoms with E-state index in [1.807, 2.05) is 0 Å². The van der Waals surface area contributed by atoms with Crippen LogP contribution in [-0.4, -0.2) is 42.0 Å². The number of halogens is 1. The number of carbonyl (C=O) groups is 1. The van der Waals surface area contributed by atoms with E-state index in [4.69, 9.17) is 0 Å². The zero-order valence-corrected chi connectivity index (χ0v) is 11.3. The second-order valence-electron chi connectivity index (χ2n) is 5.72. The summed E-state index contributed by atoms with van der Waals surface area (Å²) in [6.45, 7) is 0. The van der Waals surface area contributed by atoms with E-state index < -0.39 is 23.3 Å². The maximum atomic E-state index is 13.9. The van der Waals surface area contributed by atoms with Gasteiger partial charge in [0.25, 0.3) is 5.91 Å². The molecule has 3 atom stereocenters. The lowest BCUT2D eigenvalue weighted by Gasteiger charge is -2.17. The second kappa shape index (κ2) is 3.86. The van der Waals surface area contributed by atoms with Crippen LogP contribution in [0.15, 0.2) is 11.1 Å². The first-order valence-electron chi connectivity index (χ1n) is 6.76. The summed E-state index contributed by atoms with van der Waals surface area (Å²) in [5.74, 6) is -0.295. The van der Waals surface area contributed by atoms with Crippen LogP contribution in [0.25, 0.3) is 5.65 Å². The Balaban J connectivity index is 1.70. The second-order valence-corrected chi connectivity index (χ2v) is 5.72. The van der Waals surface area contributed by atoms with Gasteiger partial charge in [-0.15, -0.1) is 5.10 Å². The van der Waals surface area contributed by atoms with Crippen LogP contribution in [0.2, 0.25) is 0 Å². The highest BCUT2D eigenvalue weighted by atomic mass is 19.1. The summed E-state index contributed by atoms with van der Waals surface area (Å²) in [4.78, 5) is 28.1. The molecule has 2 fully saturated rings. The van der Waals surface area contributed by atoms with E-state index in [2.05, 4.69) is 20.6 Å². The Labute approximate surface area is 118 Å². The first kappa shape index (κ1) is 12.4. The highest BCUT2D eigenvalue weighted by molar-refractivity contribution is 5.98. The van der Waals surface area contributed by atoms with Crippen LogP contribution in [0.1, 0.15) is 29.8 Å². The van der Waals surface area contributed by atoms with E-state index in [-0.39, 0.29) is 17.3 Å². The lowest BCUT2D eigenvalue weighted by atomic mass is 10.1. The molecule has 0 bridgehead atoms. The van der Waals surface area contributed by atoms with Crippen molar-refractivity contribution in [2.75, 3.05) is 0 Å². The maximum absolute atomic E-state index is 13.9. The van der Waals surface area contributed by atoms with Crippen molar-refractivity contribution in [1.29, 1.82) is 0 Å². The lowest BCUT2D eigenvalue weighted by molar-refractivity contribution is 0.0899.